The van der Waals surface area contributed by atoms with E-state index in [1.807, 2.05) is 0 Å². The average Bonchev–Trinajstić information content (AvgIpc) is 3.80. The van der Waals surface area contributed by atoms with Crippen molar-refractivity contribution in [1.29, 1.82) is 0 Å². The Morgan fingerprint density at radius 1 is 0.429 bits per heavy atom. The molecule has 0 N–H and O–H groups in total. The van der Waals surface area contributed by atoms with Crippen LogP contribution in [0.4, 0.5) is 0 Å². The van der Waals surface area contributed by atoms with Crippen LogP contribution in [0.3, 0.4) is 0 Å². The highest BCUT2D eigenvalue weighted by Gasteiger charge is 2.81. The predicted octanol–water partition coefficient (Wildman–Crippen LogP) is 7.87. The van der Waals surface area contributed by atoms with E-state index in [0.717, 1.165) is 19.3 Å². The van der Waals surface area contributed by atoms with Crippen molar-refractivity contribution in [2.24, 2.45) is 10.8 Å². The molecule has 4 aromatic carbocycles. The highest BCUT2D eigenvalue weighted by molar-refractivity contribution is 6.01. The molecule has 3 aliphatic carbocycles. The van der Waals surface area contributed by atoms with Crippen LogP contribution < -0.4 is 0 Å². The van der Waals surface area contributed by atoms with Crippen LogP contribution in [0.1, 0.15) is 65.2 Å². The molecular formula is C34H30O. The van der Waals surface area contributed by atoms with Crippen molar-refractivity contribution in [3.8, 4) is 0 Å². The number of hydrogen-bond donors (Lipinski definition) is 0. The summed E-state index contributed by atoms with van der Waals surface area (Å²) in [5, 5.41) is 0. The zero-order chi connectivity index (χ0) is 23.5. The maximum Gasteiger partial charge on any atom is 0.147 e. The van der Waals surface area contributed by atoms with Gasteiger partial charge in [0.15, 0.2) is 0 Å². The number of carbonyl (C=O) groups is 1. The Morgan fingerprint density at radius 3 is 0.943 bits per heavy atom. The average molecular weight is 455 g/mol. The van der Waals surface area contributed by atoms with Crippen LogP contribution in [-0.2, 0) is 4.79 Å². The van der Waals surface area contributed by atoms with Crippen molar-refractivity contribution in [2.45, 2.75) is 42.9 Å². The van der Waals surface area contributed by atoms with Gasteiger partial charge in [0, 0.05) is 34.5 Å². The highest BCUT2D eigenvalue weighted by Crippen LogP contribution is 2.84. The molecule has 7 rings (SSSR count). The van der Waals surface area contributed by atoms with Crippen LogP contribution in [0.25, 0.3) is 0 Å². The van der Waals surface area contributed by atoms with Crippen LogP contribution in [0.5, 0.6) is 0 Å². The van der Waals surface area contributed by atoms with Crippen LogP contribution >= 0.6 is 0 Å². The van der Waals surface area contributed by atoms with Gasteiger partial charge in [0.05, 0.1) is 0 Å². The van der Waals surface area contributed by atoms with E-state index in [1.54, 1.807) is 0 Å². The van der Waals surface area contributed by atoms with Crippen LogP contribution in [0, 0.1) is 10.8 Å². The molecule has 1 nitrogen and oxygen atoms in total. The molecule has 35 heavy (non-hydrogen) atoms. The summed E-state index contributed by atoms with van der Waals surface area (Å²) in [5.41, 5.74) is 4.69. The lowest BCUT2D eigenvalue weighted by Crippen LogP contribution is -2.35. The molecule has 6 atom stereocenters. The van der Waals surface area contributed by atoms with Gasteiger partial charge in [-0.2, -0.15) is 0 Å². The van der Waals surface area contributed by atoms with E-state index in [1.165, 1.54) is 22.3 Å². The summed E-state index contributed by atoms with van der Waals surface area (Å²) in [6.07, 6.45) is 3.11. The van der Waals surface area contributed by atoms with Crippen LogP contribution in [0.15, 0.2) is 121 Å². The first kappa shape index (κ1) is 20.9. The standard InChI is InChI=1S/C34H30O/c35-32-33(28(24-14-5-1-6-15-24)29(33)25-16-7-2-8-17-25)22-13-23-34(32)30(26-18-9-3-10-19-26)31(34)27-20-11-4-12-21-27/h1-12,14-21,28-31H,13,22-23H2/t28-,29+,30-,31+,33?,34?. The minimum Gasteiger partial charge on any atom is -0.298 e. The van der Waals surface area contributed by atoms with E-state index >= 15 is 4.79 Å². The van der Waals surface area contributed by atoms with Crippen molar-refractivity contribution in [1.82, 2.24) is 0 Å². The van der Waals surface area contributed by atoms with Gasteiger partial charge in [-0.3, -0.25) is 4.79 Å². The summed E-state index contributed by atoms with van der Waals surface area (Å²) >= 11 is 0. The maximum absolute atomic E-state index is 15.0. The Balaban J connectivity index is 1.37. The zero-order valence-electron chi connectivity index (χ0n) is 19.9. The Morgan fingerprint density at radius 2 is 0.686 bits per heavy atom. The lowest BCUT2D eigenvalue weighted by atomic mass is 9.69. The van der Waals surface area contributed by atoms with Crippen LogP contribution in [-0.4, -0.2) is 5.78 Å². The van der Waals surface area contributed by atoms with Gasteiger partial charge in [-0.25, -0.2) is 0 Å². The third-order valence-corrected chi connectivity index (χ3v) is 9.33. The molecule has 0 saturated heterocycles. The van der Waals surface area contributed by atoms with Crippen molar-refractivity contribution < 1.29 is 4.79 Å². The van der Waals surface area contributed by atoms with E-state index in [0.29, 0.717) is 5.78 Å². The lowest BCUT2D eigenvalue weighted by Gasteiger charge is -2.32. The smallest absolute Gasteiger partial charge is 0.147 e. The third-order valence-electron chi connectivity index (χ3n) is 9.33. The number of benzene rings is 4. The fourth-order valence-corrected chi connectivity index (χ4v) is 8.00. The molecule has 2 unspecified atom stereocenters. The Labute approximate surface area is 207 Å². The summed E-state index contributed by atoms with van der Waals surface area (Å²) in [6.45, 7) is 0. The molecule has 2 spiro atoms. The number of carbonyl (C=O) groups excluding carboxylic acids is 1. The normalized spacial score (nSPS) is 33.1. The molecule has 0 bridgehead atoms. The summed E-state index contributed by atoms with van der Waals surface area (Å²) in [4.78, 5) is 15.0. The topological polar surface area (TPSA) is 17.1 Å². The van der Waals surface area contributed by atoms with Gasteiger partial charge in [0.1, 0.15) is 5.78 Å². The Bertz CT molecular complexity index is 1150. The number of ketones is 1. The van der Waals surface area contributed by atoms with Gasteiger partial charge in [0.25, 0.3) is 0 Å². The second-order valence-corrected chi connectivity index (χ2v) is 10.8. The quantitative estimate of drug-likeness (QED) is 0.307. The van der Waals surface area contributed by atoms with E-state index in [4.69, 9.17) is 0 Å². The highest BCUT2D eigenvalue weighted by atomic mass is 16.1. The van der Waals surface area contributed by atoms with E-state index < -0.39 is 0 Å². The van der Waals surface area contributed by atoms with Crippen molar-refractivity contribution >= 4 is 5.78 Å². The molecule has 0 aliphatic heterocycles. The number of hydrogen-bond acceptors (Lipinski definition) is 1. The molecule has 0 amide bonds. The molecule has 3 aliphatic rings. The van der Waals surface area contributed by atoms with Gasteiger partial charge in [-0.05, 0) is 35.1 Å². The first-order chi connectivity index (χ1) is 17.3. The van der Waals surface area contributed by atoms with Gasteiger partial charge in [0.2, 0.25) is 0 Å². The van der Waals surface area contributed by atoms with Gasteiger partial charge < -0.3 is 0 Å². The van der Waals surface area contributed by atoms with E-state index in [2.05, 4.69) is 121 Å². The molecule has 0 heterocycles. The van der Waals surface area contributed by atoms with Crippen molar-refractivity contribution in [3.63, 3.8) is 0 Å². The largest absolute Gasteiger partial charge is 0.298 e. The molecule has 172 valence electrons. The maximum atomic E-state index is 15.0. The first-order valence-corrected chi connectivity index (χ1v) is 13.0. The third kappa shape index (κ3) is 2.91. The second-order valence-electron chi connectivity index (χ2n) is 10.8. The van der Waals surface area contributed by atoms with Gasteiger partial charge in [-0.1, -0.05) is 128 Å². The fraction of sp³-hybridized carbons (Fsp3) is 0.265. The van der Waals surface area contributed by atoms with Crippen molar-refractivity contribution in [2.75, 3.05) is 0 Å². The Hall–Kier alpha value is -3.45. The van der Waals surface area contributed by atoms with Crippen molar-refractivity contribution in [3.05, 3.63) is 144 Å². The zero-order valence-corrected chi connectivity index (χ0v) is 19.9. The molecule has 3 saturated carbocycles. The molecule has 1 heteroatoms. The minimum atomic E-state index is -0.294. The minimum absolute atomic E-state index is 0.268. The molecule has 0 aromatic heterocycles. The predicted molar refractivity (Wildman–Crippen MR) is 140 cm³/mol. The molecule has 0 radical (unpaired) electrons. The SMILES string of the molecule is O=C1C2(CCCC13[C@H](c1ccccc1)[C@@H]3c1ccccc1)[C@H](c1ccccc1)[C@@H]2c1ccccc1. The first-order valence-electron chi connectivity index (χ1n) is 13.0. The van der Waals surface area contributed by atoms with E-state index in [-0.39, 0.29) is 34.5 Å². The fourth-order valence-electron chi connectivity index (χ4n) is 8.00. The molecular weight excluding hydrogens is 424 g/mol. The monoisotopic (exact) mass is 454 g/mol. The lowest BCUT2D eigenvalue weighted by molar-refractivity contribution is -0.133. The summed E-state index contributed by atoms with van der Waals surface area (Å²) in [7, 11) is 0. The van der Waals surface area contributed by atoms with E-state index in [9.17, 15) is 0 Å². The molecule has 4 aromatic rings. The van der Waals surface area contributed by atoms with Crippen LogP contribution in [0.2, 0.25) is 0 Å². The number of Topliss-reactive ketones (excluding diaryl/α,β-unsaturated/α-hetero) is 1. The van der Waals surface area contributed by atoms with Gasteiger partial charge in [-0.15, -0.1) is 0 Å². The second kappa shape index (κ2) is 7.78. The summed E-state index contributed by atoms with van der Waals surface area (Å²) < 4.78 is 0. The molecule has 3 fully saturated rings. The number of rotatable bonds is 4. The van der Waals surface area contributed by atoms with Gasteiger partial charge >= 0.3 is 0 Å². The summed E-state index contributed by atoms with van der Waals surface area (Å²) in [6, 6.07) is 43.2. The Kier molecular flexibility index (Phi) is 4.64. The summed E-state index contributed by atoms with van der Waals surface area (Å²) in [5.74, 6) is 1.60.